The van der Waals surface area contributed by atoms with Crippen LogP contribution in [0.15, 0.2) is 28.4 Å². The van der Waals surface area contributed by atoms with E-state index >= 15 is 0 Å². The molecule has 0 saturated heterocycles. The molecular weight excluding hydrogens is 296 g/mol. The minimum atomic E-state index is 0.0139. The van der Waals surface area contributed by atoms with Crippen LogP contribution in [0.3, 0.4) is 0 Å². The summed E-state index contributed by atoms with van der Waals surface area (Å²) in [7, 11) is 0. The van der Waals surface area contributed by atoms with Crippen LogP contribution < -0.4 is 9.77 Å². The van der Waals surface area contributed by atoms with Gasteiger partial charge in [-0.2, -0.15) is 0 Å². The predicted octanol–water partition coefficient (Wildman–Crippen LogP) is 2.90. The van der Waals surface area contributed by atoms with E-state index in [-0.39, 0.29) is 10.8 Å². The van der Waals surface area contributed by atoms with Crippen molar-refractivity contribution < 1.29 is 4.79 Å². The number of benzene rings is 1. The summed E-state index contributed by atoms with van der Waals surface area (Å²) >= 11 is 1.19. The zero-order valence-corrected chi connectivity index (χ0v) is 13.8. The van der Waals surface area contributed by atoms with E-state index in [0.29, 0.717) is 13.0 Å². The fourth-order valence-corrected chi connectivity index (χ4v) is 3.76. The summed E-state index contributed by atoms with van der Waals surface area (Å²) in [6.07, 6.45) is 2.40. The lowest BCUT2D eigenvalue weighted by Gasteiger charge is -2.30. The molecule has 22 heavy (non-hydrogen) atoms. The Hall–Kier alpha value is -1.88. The van der Waals surface area contributed by atoms with Crippen molar-refractivity contribution in [3.05, 3.63) is 50.1 Å². The Morgan fingerprint density at radius 3 is 2.86 bits per heavy atom. The third-order valence-corrected chi connectivity index (χ3v) is 5.06. The summed E-state index contributed by atoms with van der Waals surface area (Å²) in [6, 6.07) is 6.27. The maximum absolute atomic E-state index is 12.6. The largest absolute Gasteiger partial charge is 0.312 e. The molecule has 0 fully saturated rings. The lowest BCUT2D eigenvalue weighted by Crippen LogP contribution is -2.36. The number of thiazole rings is 1. The number of aryl methyl sites for hydroxylation is 3. The molecule has 5 heteroatoms. The summed E-state index contributed by atoms with van der Waals surface area (Å²) in [6.45, 7) is 5.21. The quantitative estimate of drug-likeness (QED) is 0.874. The number of nitrogens with zero attached hydrogens (tertiary/aromatic N) is 2. The highest BCUT2D eigenvalue weighted by molar-refractivity contribution is 7.07. The topological polar surface area (TPSA) is 42.3 Å². The number of amides is 1. The summed E-state index contributed by atoms with van der Waals surface area (Å²) in [4.78, 5) is 26.2. The highest BCUT2D eigenvalue weighted by atomic mass is 32.1. The molecule has 0 N–H and O–H groups in total. The average Bonchev–Trinajstić information content (AvgIpc) is 2.82. The number of hydrogen-bond acceptors (Lipinski definition) is 3. The summed E-state index contributed by atoms with van der Waals surface area (Å²) in [5.74, 6) is 0.0994. The molecule has 1 aromatic carbocycles. The predicted molar refractivity (Wildman–Crippen MR) is 89.8 cm³/mol. The van der Waals surface area contributed by atoms with E-state index in [9.17, 15) is 9.59 Å². The first-order valence-electron chi connectivity index (χ1n) is 7.61. The van der Waals surface area contributed by atoms with Crippen molar-refractivity contribution in [1.29, 1.82) is 0 Å². The minimum absolute atomic E-state index is 0.0139. The summed E-state index contributed by atoms with van der Waals surface area (Å²) in [5, 5.41) is 1.84. The summed E-state index contributed by atoms with van der Waals surface area (Å²) in [5.41, 5.74) is 4.45. The fourth-order valence-electron chi connectivity index (χ4n) is 3.00. The number of carbonyl (C=O) groups excluding carboxylic acids is 1. The van der Waals surface area contributed by atoms with Crippen LogP contribution in [0.5, 0.6) is 0 Å². The Morgan fingerprint density at radius 1 is 1.32 bits per heavy atom. The Kier molecular flexibility index (Phi) is 4.16. The van der Waals surface area contributed by atoms with Crippen molar-refractivity contribution in [2.45, 2.75) is 39.7 Å². The zero-order valence-electron chi connectivity index (χ0n) is 13.0. The molecule has 4 nitrogen and oxygen atoms in total. The van der Waals surface area contributed by atoms with E-state index in [2.05, 4.69) is 19.1 Å². The Morgan fingerprint density at radius 2 is 2.14 bits per heavy atom. The molecule has 0 bridgehead atoms. The monoisotopic (exact) mass is 316 g/mol. The van der Waals surface area contributed by atoms with Gasteiger partial charge in [0.25, 0.3) is 0 Å². The number of aromatic nitrogens is 1. The van der Waals surface area contributed by atoms with Gasteiger partial charge in [-0.3, -0.25) is 9.59 Å². The van der Waals surface area contributed by atoms with Crippen molar-refractivity contribution in [2.75, 3.05) is 11.4 Å². The van der Waals surface area contributed by atoms with Crippen LogP contribution in [0.4, 0.5) is 5.69 Å². The van der Waals surface area contributed by atoms with E-state index in [1.807, 2.05) is 23.3 Å². The number of rotatable bonds is 3. The first-order chi connectivity index (χ1) is 10.6. The second-order valence-electron chi connectivity index (χ2n) is 5.83. The highest BCUT2D eigenvalue weighted by Crippen LogP contribution is 2.28. The molecule has 1 aromatic heterocycles. The first-order valence-corrected chi connectivity index (χ1v) is 8.49. The number of hydrogen-bond donors (Lipinski definition) is 0. The molecular formula is C17H20N2O2S. The number of carbonyl (C=O) groups is 1. The molecule has 2 heterocycles. The molecule has 0 radical (unpaired) electrons. The van der Waals surface area contributed by atoms with Crippen LogP contribution in [-0.4, -0.2) is 17.0 Å². The van der Waals surface area contributed by atoms with Gasteiger partial charge >= 0.3 is 4.87 Å². The molecule has 1 aliphatic rings. The number of fused-ring (bicyclic) bond motifs is 1. The molecule has 116 valence electrons. The smallest absolute Gasteiger partial charge is 0.307 e. The number of anilines is 1. The van der Waals surface area contributed by atoms with Crippen LogP contribution in [-0.2, 0) is 17.8 Å². The van der Waals surface area contributed by atoms with E-state index < -0.39 is 0 Å². The Labute approximate surface area is 134 Å². The van der Waals surface area contributed by atoms with Crippen LogP contribution in [0, 0.1) is 13.8 Å². The van der Waals surface area contributed by atoms with Crippen molar-refractivity contribution in [3.63, 3.8) is 0 Å². The van der Waals surface area contributed by atoms with Gasteiger partial charge in [0.15, 0.2) is 0 Å². The van der Waals surface area contributed by atoms with E-state index in [0.717, 1.165) is 30.8 Å². The van der Waals surface area contributed by atoms with Gasteiger partial charge in [-0.05, 0) is 38.3 Å². The van der Waals surface area contributed by atoms with Crippen molar-refractivity contribution >= 4 is 22.9 Å². The molecule has 0 atom stereocenters. The van der Waals surface area contributed by atoms with Crippen LogP contribution in [0.2, 0.25) is 0 Å². The van der Waals surface area contributed by atoms with Gasteiger partial charge < -0.3 is 9.47 Å². The van der Waals surface area contributed by atoms with Crippen LogP contribution in [0.25, 0.3) is 0 Å². The maximum atomic E-state index is 12.6. The standard InChI is InChI=1S/C17H20N2O2S/c1-12-5-6-15-14(10-12)4-3-8-19(15)16(20)7-9-18-13(2)11-22-17(18)21/h5-6,10-11H,3-4,7-9H2,1-2H3. The van der Waals surface area contributed by atoms with Crippen LogP contribution in [0.1, 0.15) is 29.7 Å². The second kappa shape index (κ2) is 6.08. The molecule has 2 aromatic rings. The van der Waals surface area contributed by atoms with Gasteiger partial charge in [0.2, 0.25) is 5.91 Å². The Bertz CT molecular complexity index is 760. The summed E-state index contributed by atoms with van der Waals surface area (Å²) < 4.78 is 1.68. The highest BCUT2D eigenvalue weighted by Gasteiger charge is 2.22. The van der Waals surface area contributed by atoms with Gasteiger partial charge in [-0.25, -0.2) is 0 Å². The van der Waals surface area contributed by atoms with Crippen molar-refractivity contribution in [2.24, 2.45) is 0 Å². The molecule has 1 aliphatic heterocycles. The molecule has 0 unspecified atom stereocenters. The maximum Gasteiger partial charge on any atom is 0.307 e. The molecule has 1 amide bonds. The lowest BCUT2D eigenvalue weighted by atomic mass is 9.99. The first kappa shape index (κ1) is 15.0. The SMILES string of the molecule is Cc1ccc2c(c1)CCCN2C(=O)CCn1c(C)csc1=O. The van der Waals surface area contributed by atoms with E-state index in [4.69, 9.17) is 0 Å². The third-order valence-electron chi connectivity index (χ3n) is 4.18. The normalized spacial score (nSPS) is 14.0. The molecule has 0 spiro atoms. The van der Waals surface area contributed by atoms with Gasteiger partial charge in [-0.15, -0.1) is 0 Å². The minimum Gasteiger partial charge on any atom is -0.312 e. The van der Waals surface area contributed by atoms with Crippen LogP contribution >= 0.6 is 11.3 Å². The molecule has 3 rings (SSSR count). The molecule has 0 aliphatic carbocycles. The van der Waals surface area contributed by atoms with Crippen molar-refractivity contribution in [1.82, 2.24) is 4.57 Å². The molecule has 0 saturated carbocycles. The third kappa shape index (κ3) is 2.86. The van der Waals surface area contributed by atoms with Gasteiger partial charge in [0.1, 0.15) is 0 Å². The fraction of sp³-hybridized carbons (Fsp3) is 0.412. The lowest BCUT2D eigenvalue weighted by molar-refractivity contribution is -0.118. The zero-order chi connectivity index (χ0) is 15.7. The van der Waals surface area contributed by atoms with Crippen molar-refractivity contribution in [3.8, 4) is 0 Å². The van der Waals surface area contributed by atoms with Gasteiger partial charge in [0, 0.05) is 36.3 Å². The second-order valence-corrected chi connectivity index (χ2v) is 6.65. The Balaban J connectivity index is 1.75. The van der Waals surface area contributed by atoms with E-state index in [1.54, 1.807) is 4.57 Å². The van der Waals surface area contributed by atoms with E-state index in [1.165, 1.54) is 22.5 Å². The van der Waals surface area contributed by atoms with Gasteiger partial charge in [-0.1, -0.05) is 29.0 Å². The average molecular weight is 316 g/mol. The van der Waals surface area contributed by atoms with Gasteiger partial charge in [0.05, 0.1) is 0 Å².